The highest BCUT2D eigenvalue weighted by atomic mass is 16.5. The van der Waals surface area contributed by atoms with Crippen LogP contribution in [-0.2, 0) is 17.8 Å². The first-order valence-corrected chi connectivity index (χ1v) is 11.3. The van der Waals surface area contributed by atoms with Crippen LogP contribution >= 0.6 is 0 Å². The van der Waals surface area contributed by atoms with E-state index in [2.05, 4.69) is 18.8 Å². The van der Waals surface area contributed by atoms with E-state index < -0.39 is 5.97 Å². The molecule has 0 radical (unpaired) electrons. The Morgan fingerprint density at radius 3 is 2.41 bits per heavy atom. The first-order chi connectivity index (χ1) is 16.3. The molecule has 2 aromatic heterocycles. The first kappa shape index (κ1) is 23.2. The van der Waals surface area contributed by atoms with Gasteiger partial charge in [0.2, 0.25) is 0 Å². The van der Waals surface area contributed by atoms with Crippen LogP contribution in [0.15, 0.2) is 64.4 Å². The molecule has 0 bridgehead atoms. The summed E-state index contributed by atoms with van der Waals surface area (Å²) in [4.78, 5) is 43.2. The number of rotatable bonds is 7. The van der Waals surface area contributed by atoms with Gasteiger partial charge in [-0.05, 0) is 48.6 Å². The highest BCUT2D eigenvalue weighted by Gasteiger charge is 2.20. The van der Waals surface area contributed by atoms with Crippen LogP contribution in [0.2, 0.25) is 0 Å². The van der Waals surface area contributed by atoms with Gasteiger partial charge in [-0.2, -0.15) is 0 Å². The van der Waals surface area contributed by atoms with Crippen molar-refractivity contribution in [1.82, 2.24) is 18.7 Å². The van der Waals surface area contributed by atoms with Crippen molar-refractivity contribution in [3.05, 3.63) is 92.4 Å². The minimum absolute atomic E-state index is 0.330. The molecule has 0 aliphatic rings. The quantitative estimate of drug-likeness (QED) is 0.394. The Bertz CT molecular complexity index is 1460. The Labute approximate surface area is 197 Å². The fourth-order valence-electron chi connectivity index (χ4n) is 3.98. The number of methoxy groups -OCH3 is 1. The lowest BCUT2D eigenvalue weighted by molar-refractivity contribution is 0.0600. The third-order valence-electron chi connectivity index (χ3n) is 5.91. The van der Waals surface area contributed by atoms with Crippen molar-refractivity contribution in [2.45, 2.75) is 40.3 Å². The summed E-state index contributed by atoms with van der Waals surface area (Å²) >= 11 is 0. The van der Waals surface area contributed by atoms with Gasteiger partial charge < -0.3 is 9.30 Å². The van der Waals surface area contributed by atoms with Crippen molar-refractivity contribution >= 4 is 17.1 Å². The Morgan fingerprint density at radius 2 is 1.76 bits per heavy atom. The van der Waals surface area contributed by atoms with Crippen molar-refractivity contribution in [3.63, 3.8) is 0 Å². The van der Waals surface area contributed by atoms with Gasteiger partial charge in [-0.25, -0.2) is 19.1 Å². The molecule has 0 saturated heterocycles. The zero-order chi connectivity index (χ0) is 24.4. The summed E-state index contributed by atoms with van der Waals surface area (Å²) in [5.74, 6) is -0.0675. The molecule has 2 heterocycles. The minimum atomic E-state index is -0.407. The van der Waals surface area contributed by atoms with E-state index in [1.165, 1.54) is 16.2 Å². The third kappa shape index (κ3) is 4.31. The fourth-order valence-corrected chi connectivity index (χ4v) is 3.98. The highest BCUT2D eigenvalue weighted by Crippen LogP contribution is 2.18. The Hall–Kier alpha value is -3.94. The van der Waals surface area contributed by atoms with E-state index in [-0.39, 0.29) is 11.2 Å². The van der Waals surface area contributed by atoms with Gasteiger partial charge in [-0.3, -0.25) is 9.36 Å². The van der Waals surface area contributed by atoms with E-state index in [0.717, 1.165) is 11.1 Å². The number of carbonyl (C=O) groups is 1. The second kappa shape index (κ2) is 9.51. The number of esters is 1. The zero-order valence-corrected chi connectivity index (χ0v) is 19.8. The van der Waals surface area contributed by atoms with Crippen molar-refractivity contribution in [2.75, 3.05) is 7.11 Å². The van der Waals surface area contributed by atoms with Crippen LogP contribution in [0.4, 0.5) is 0 Å². The van der Waals surface area contributed by atoms with Gasteiger partial charge in [-0.15, -0.1) is 0 Å². The normalized spacial score (nSPS) is 11.3. The monoisotopic (exact) mass is 460 g/mol. The number of carbonyl (C=O) groups excluding carboxylic acids is 1. The molecule has 0 fully saturated rings. The summed E-state index contributed by atoms with van der Waals surface area (Å²) in [6, 6.07) is 14.6. The molecule has 0 aliphatic heterocycles. The van der Waals surface area contributed by atoms with Gasteiger partial charge in [0.25, 0.3) is 5.56 Å². The van der Waals surface area contributed by atoms with Gasteiger partial charge in [-0.1, -0.05) is 44.2 Å². The molecule has 34 heavy (non-hydrogen) atoms. The average molecular weight is 461 g/mol. The number of benzene rings is 2. The largest absolute Gasteiger partial charge is 0.465 e. The van der Waals surface area contributed by atoms with Crippen molar-refractivity contribution in [1.29, 1.82) is 0 Å². The summed E-state index contributed by atoms with van der Waals surface area (Å²) in [5.41, 5.74) is 2.89. The average Bonchev–Trinajstić information content (AvgIpc) is 3.23. The van der Waals surface area contributed by atoms with Gasteiger partial charge in [0, 0.05) is 13.1 Å². The second-order valence-corrected chi connectivity index (χ2v) is 8.78. The number of ether oxygens (including phenoxy) is 1. The number of hydrogen-bond donors (Lipinski definition) is 0. The van der Waals surface area contributed by atoms with E-state index >= 15 is 0 Å². The van der Waals surface area contributed by atoms with Crippen LogP contribution in [0.1, 0.15) is 41.8 Å². The predicted molar refractivity (Wildman–Crippen MR) is 131 cm³/mol. The number of fused-ring (bicyclic) bond motifs is 1. The molecule has 0 atom stereocenters. The molecular formula is C26H28N4O4. The molecule has 0 spiro atoms. The summed E-state index contributed by atoms with van der Waals surface area (Å²) in [5, 5.41) is 0. The summed E-state index contributed by atoms with van der Waals surface area (Å²) in [6.07, 6.45) is 2.29. The Morgan fingerprint density at radius 1 is 1.06 bits per heavy atom. The number of imidazole rings is 1. The molecular weight excluding hydrogens is 432 g/mol. The van der Waals surface area contributed by atoms with Crippen LogP contribution in [-0.4, -0.2) is 31.8 Å². The number of nitrogens with zero attached hydrogens (tertiary/aromatic N) is 4. The molecule has 0 unspecified atom stereocenters. The Balaban J connectivity index is 1.89. The molecule has 8 nitrogen and oxygen atoms in total. The third-order valence-corrected chi connectivity index (χ3v) is 5.91. The molecule has 0 saturated carbocycles. The predicted octanol–water partition coefficient (Wildman–Crippen LogP) is 3.54. The van der Waals surface area contributed by atoms with E-state index in [1.54, 1.807) is 23.0 Å². The summed E-state index contributed by atoms with van der Waals surface area (Å²) < 4.78 is 9.35. The highest BCUT2D eigenvalue weighted by molar-refractivity contribution is 5.89. The van der Waals surface area contributed by atoms with Gasteiger partial charge in [0.05, 0.1) is 24.7 Å². The van der Waals surface area contributed by atoms with Crippen LogP contribution in [0, 0.1) is 12.8 Å². The molecule has 0 aliphatic carbocycles. The number of aryl methyl sites for hydroxylation is 1. The fraction of sp³-hybridized carbons (Fsp3) is 0.308. The molecule has 8 heteroatoms. The zero-order valence-electron chi connectivity index (χ0n) is 19.8. The number of hydrogen-bond acceptors (Lipinski definition) is 5. The second-order valence-electron chi connectivity index (χ2n) is 8.78. The first-order valence-electron chi connectivity index (χ1n) is 11.3. The number of para-hydroxylation sites is 1. The topological polar surface area (TPSA) is 88.1 Å². The van der Waals surface area contributed by atoms with Crippen molar-refractivity contribution in [2.24, 2.45) is 5.92 Å². The van der Waals surface area contributed by atoms with Gasteiger partial charge >= 0.3 is 11.7 Å². The van der Waals surface area contributed by atoms with Crippen LogP contribution < -0.4 is 11.2 Å². The number of aromatic nitrogens is 4. The molecule has 2 aromatic carbocycles. The van der Waals surface area contributed by atoms with E-state index in [0.29, 0.717) is 47.8 Å². The smallest absolute Gasteiger partial charge is 0.337 e. The van der Waals surface area contributed by atoms with Crippen molar-refractivity contribution in [3.8, 4) is 5.69 Å². The SMILES string of the molecule is COC(=O)c1ccc(Cn2cnc3c2c(=O)n(CCC(C)C)c(=O)n3-c2ccccc2C)cc1. The molecule has 4 rings (SSSR count). The van der Waals surface area contributed by atoms with Crippen LogP contribution in [0.25, 0.3) is 16.9 Å². The molecule has 0 amide bonds. The lowest BCUT2D eigenvalue weighted by atomic mass is 10.1. The summed E-state index contributed by atoms with van der Waals surface area (Å²) in [7, 11) is 1.34. The van der Waals surface area contributed by atoms with Crippen LogP contribution in [0.5, 0.6) is 0 Å². The molecule has 0 N–H and O–H groups in total. The van der Waals surface area contributed by atoms with Crippen molar-refractivity contribution < 1.29 is 9.53 Å². The van der Waals surface area contributed by atoms with E-state index in [4.69, 9.17) is 4.74 Å². The maximum atomic E-state index is 13.5. The molecule has 176 valence electrons. The lowest BCUT2D eigenvalue weighted by Crippen LogP contribution is -2.40. The van der Waals surface area contributed by atoms with Gasteiger partial charge in [0.15, 0.2) is 11.2 Å². The Kier molecular flexibility index (Phi) is 6.49. The van der Waals surface area contributed by atoms with E-state index in [9.17, 15) is 14.4 Å². The maximum Gasteiger partial charge on any atom is 0.337 e. The summed E-state index contributed by atoms with van der Waals surface area (Å²) in [6.45, 7) is 6.74. The molecule has 4 aromatic rings. The lowest BCUT2D eigenvalue weighted by Gasteiger charge is -2.15. The van der Waals surface area contributed by atoms with Crippen LogP contribution in [0.3, 0.4) is 0 Å². The minimum Gasteiger partial charge on any atom is -0.465 e. The standard InChI is InChI=1S/C26H28N4O4/c1-17(2)13-14-29-24(31)22-23(30(26(29)33)21-8-6-5-7-18(21)3)27-16-28(22)15-19-9-11-20(12-10-19)25(32)34-4/h5-12,16-17H,13-15H2,1-4H3. The van der Waals surface area contributed by atoms with E-state index in [1.807, 2.05) is 43.3 Å². The van der Waals surface area contributed by atoms with Gasteiger partial charge in [0.1, 0.15) is 0 Å². The maximum absolute atomic E-state index is 13.5.